The Morgan fingerprint density at radius 1 is 0.365 bits per heavy atom. The van der Waals surface area contributed by atoms with Gasteiger partial charge in [0.2, 0.25) is 0 Å². The highest BCUT2D eigenvalue weighted by atomic mass is 32.1. The van der Waals surface area contributed by atoms with Crippen molar-refractivity contribution in [3.63, 3.8) is 0 Å². The van der Waals surface area contributed by atoms with Crippen LogP contribution in [0.1, 0.15) is 25.0 Å². The van der Waals surface area contributed by atoms with Crippen LogP contribution in [0.5, 0.6) is 0 Å². The minimum absolute atomic E-state index is 0.155. The Morgan fingerprint density at radius 2 is 0.885 bits per heavy atom. The predicted molar refractivity (Wildman–Crippen MR) is 226 cm³/mol. The minimum atomic E-state index is -0.155. The first-order chi connectivity index (χ1) is 25.5. The maximum atomic E-state index is 2.49. The van der Waals surface area contributed by atoms with Crippen LogP contribution in [-0.2, 0) is 5.41 Å². The SMILES string of the molecule is CC1(C)c2cc(-c3c4ccccc4c(-c4ccccc4)c4ccccc34)ccc2-c2ccc(-c3cccc4c3sc3cc5ccccc5cc34)cc21. The molecule has 0 saturated carbocycles. The van der Waals surface area contributed by atoms with Crippen molar-refractivity contribution in [2.45, 2.75) is 19.3 Å². The van der Waals surface area contributed by atoms with Crippen LogP contribution < -0.4 is 0 Å². The lowest BCUT2D eigenvalue weighted by Crippen LogP contribution is -2.15. The van der Waals surface area contributed by atoms with Crippen LogP contribution in [0, 0.1) is 0 Å². The molecule has 0 saturated heterocycles. The van der Waals surface area contributed by atoms with Crippen LogP contribution in [0.4, 0.5) is 0 Å². The summed E-state index contributed by atoms with van der Waals surface area (Å²) in [4.78, 5) is 0. The van der Waals surface area contributed by atoms with E-state index in [0.29, 0.717) is 0 Å². The van der Waals surface area contributed by atoms with E-state index in [1.165, 1.54) is 108 Å². The van der Waals surface area contributed by atoms with Crippen molar-refractivity contribution in [3.8, 4) is 44.5 Å². The zero-order chi connectivity index (χ0) is 34.6. The lowest BCUT2D eigenvalue weighted by Gasteiger charge is -2.23. The zero-order valence-electron chi connectivity index (χ0n) is 29.1. The molecular formula is C51H34S. The molecule has 244 valence electrons. The highest BCUT2D eigenvalue weighted by Gasteiger charge is 2.36. The number of fused-ring (bicyclic) bond motifs is 9. The fourth-order valence-electron chi connectivity index (χ4n) is 9.13. The molecule has 0 unspecified atom stereocenters. The number of rotatable bonds is 3. The van der Waals surface area contributed by atoms with E-state index in [-0.39, 0.29) is 5.41 Å². The van der Waals surface area contributed by atoms with Crippen LogP contribution in [0.15, 0.2) is 170 Å². The standard InChI is InChI=1S/C51H34S/c1-51(2)45-28-34(36-21-12-22-43-44-27-32-15-6-7-16-33(32)30-47(44)52-50(36)43)23-25-37(45)38-26-24-35(29-46(38)51)49-41-19-10-8-17-39(41)48(31-13-4-3-5-14-31)40-18-9-11-20-42(40)49/h3-30H,1-2H3. The quantitative estimate of drug-likeness (QED) is 0.163. The van der Waals surface area contributed by atoms with Crippen molar-refractivity contribution >= 4 is 63.8 Å². The number of benzene rings is 9. The smallest absolute Gasteiger partial charge is 0.0433 e. The molecule has 0 spiro atoms. The van der Waals surface area contributed by atoms with Gasteiger partial charge in [-0.1, -0.05) is 159 Å². The summed E-state index contributed by atoms with van der Waals surface area (Å²) >= 11 is 1.92. The second kappa shape index (κ2) is 11.0. The number of thiophene rings is 1. The van der Waals surface area contributed by atoms with E-state index in [4.69, 9.17) is 0 Å². The molecule has 1 aliphatic rings. The van der Waals surface area contributed by atoms with Gasteiger partial charge in [0.05, 0.1) is 0 Å². The van der Waals surface area contributed by atoms with E-state index in [9.17, 15) is 0 Å². The summed E-state index contributed by atoms with van der Waals surface area (Å²) in [5.41, 5.74) is 13.1. The van der Waals surface area contributed by atoms with Gasteiger partial charge in [-0.25, -0.2) is 0 Å². The molecule has 0 amide bonds. The molecule has 0 bridgehead atoms. The Bertz CT molecular complexity index is 3030. The van der Waals surface area contributed by atoms with E-state index < -0.39 is 0 Å². The Morgan fingerprint density at radius 3 is 1.54 bits per heavy atom. The summed E-state index contributed by atoms with van der Waals surface area (Å²) in [6.45, 7) is 4.82. The normalized spacial score (nSPS) is 13.3. The highest BCUT2D eigenvalue weighted by Crippen LogP contribution is 2.53. The van der Waals surface area contributed by atoms with Gasteiger partial charge in [0.1, 0.15) is 0 Å². The van der Waals surface area contributed by atoms with Gasteiger partial charge in [-0.2, -0.15) is 0 Å². The van der Waals surface area contributed by atoms with E-state index in [0.717, 1.165) is 0 Å². The van der Waals surface area contributed by atoms with Gasteiger partial charge in [0, 0.05) is 25.6 Å². The molecule has 1 aromatic heterocycles. The monoisotopic (exact) mass is 678 g/mol. The number of hydrogen-bond acceptors (Lipinski definition) is 1. The summed E-state index contributed by atoms with van der Waals surface area (Å²) < 4.78 is 2.71. The molecule has 1 heteroatoms. The molecule has 0 N–H and O–H groups in total. The third-order valence-corrected chi connectivity index (χ3v) is 12.8. The van der Waals surface area contributed by atoms with E-state index in [1.54, 1.807) is 0 Å². The van der Waals surface area contributed by atoms with Gasteiger partial charge in [0.25, 0.3) is 0 Å². The summed E-state index contributed by atoms with van der Waals surface area (Å²) in [5, 5.41) is 10.4. The van der Waals surface area contributed by atoms with Gasteiger partial charge in [-0.3, -0.25) is 0 Å². The summed E-state index contributed by atoms with van der Waals surface area (Å²) in [6, 6.07) is 63.5. The first-order valence-electron chi connectivity index (χ1n) is 18.2. The molecule has 10 aromatic rings. The van der Waals surface area contributed by atoms with Crippen LogP contribution >= 0.6 is 11.3 Å². The summed E-state index contributed by atoms with van der Waals surface area (Å²) in [7, 11) is 0. The maximum Gasteiger partial charge on any atom is 0.0433 e. The van der Waals surface area contributed by atoms with E-state index in [2.05, 4.69) is 184 Å². The van der Waals surface area contributed by atoms with Crippen LogP contribution in [-0.4, -0.2) is 0 Å². The maximum absolute atomic E-state index is 2.49. The number of hydrogen-bond donors (Lipinski definition) is 0. The molecule has 1 aliphatic carbocycles. The van der Waals surface area contributed by atoms with Crippen molar-refractivity contribution in [2.24, 2.45) is 0 Å². The van der Waals surface area contributed by atoms with Crippen LogP contribution in [0.2, 0.25) is 0 Å². The Kier molecular flexibility index (Phi) is 6.27. The van der Waals surface area contributed by atoms with Crippen molar-refractivity contribution in [2.75, 3.05) is 0 Å². The van der Waals surface area contributed by atoms with E-state index >= 15 is 0 Å². The van der Waals surface area contributed by atoms with Crippen molar-refractivity contribution in [3.05, 3.63) is 181 Å². The fraction of sp³-hybridized carbons (Fsp3) is 0.0588. The first kappa shape index (κ1) is 29.7. The molecule has 0 aliphatic heterocycles. The molecule has 0 atom stereocenters. The second-order valence-corrected chi connectivity index (χ2v) is 15.9. The predicted octanol–water partition coefficient (Wildman–Crippen LogP) is 14.8. The zero-order valence-corrected chi connectivity index (χ0v) is 29.9. The third kappa shape index (κ3) is 4.21. The average molecular weight is 679 g/mol. The molecule has 9 aromatic carbocycles. The van der Waals surface area contributed by atoms with Crippen molar-refractivity contribution < 1.29 is 0 Å². The lowest BCUT2D eigenvalue weighted by atomic mass is 9.80. The van der Waals surface area contributed by atoms with Crippen molar-refractivity contribution in [1.29, 1.82) is 0 Å². The Labute approximate surface area is 307 Å². The molecule has 0 nitrogen and oxygen atoms in total. The third-order valence-electron chi connectivity index (χ3n) is 11.6. The first-order valence-corrected chi connectivity index (χ1v) is 19.0. The van der Waals surface area contributed by atoms with Gasteiger partial charge in [-0.05, 0) is 112 Å². The molecule has 52 heavy (non-hydrogen) atoms. The molecule has 11 rings (SSSR count). The van der Waals surface area contributed by atoms with Crippen molar-refractivity contribution in [1.82, 2.24) is 0 Å². The molecular weight excluding hydrogens is 645 g/mol. The topological polar surface area (TPSA) is 0 Å². The highest BCUT2D eigenvalue weighted by molar-refractivity contribution is 7.26. The van der Waals surface area contributed by atoms with Crippen LogP contribution in [0.25, 0.3) is 97.0 Å². The summed E-state index contributed by atoms with van der Waals surface area (Å²) in [6.07, 6.45) is 0. The lowest BCUT2D eigenvalue weighted by molar-refractivity contribution is 0.661. The fourth-order valence-corrected chi connectivity index (χ4v) is 10.4. The molecule has 1 heterocycles. The summed E-state index contributed by atoms with van der Waals surface area (Å²) in [5.74, 6) is 0. The van der Waals surface area contributed by atoms with Gasteiger partial charge >= 0.3 is 0 Å². The van der Waals surface area contributed by atoms with Gasteiger partial charge in [-0.15, -0.1) is 11.3 Å². The second-order valence-electron chi connectivity index (χ2n) is 14.8. The average Bonchev–Trinajstić information content (AvgIpc) is 3.66. The van der Waals surface area contributed by atoms with Gasteiger partial charge < -0.3 is 0 Å². The molecule has 0 fully saturated rings. The molecule has 0 radical (unpaired) electrons. The Hall–Kier alpha value is -6.02. The minimum Gasteiger partial charge on any atom is -0.135 e. The van der Waals surface area contributed by atoms with E-state index in [1.807, 2.05) is 11.3 Å². The largest absolute Gasteiger partial charge is 0.135 e. The Balaban J connectivity index is 1.07. The van der Waals surface area contributed by atoms with Crippen LogP contribution in [0.3, 0.4) is 0 Å². The van der Waals surface area contributed by atoms with Gasteiger partial charge in [0.15, 0.2) is 0 Å².